The summed E-state index contributed by atoms with van der Waals surface area (Å²) in [6.07, 6.45) is -4.22. The van der Waals surface area contributed by atoms with Crippen molar-refractivity contribution in [2.24, 2.45) is 0 Å². The molecule has 0 aliphatic heterocycles. The number of amides is 4. The smallest absolute Gasteiger partial charge is 0.337 e. The second kappa shape index (κ2) is 11.5. The van der Waals surface area contributed by atoms with E-state index in [2.05, 4.69) is 16.0 Å². The van der Waals surface area contributed by atoms with E-state index in [0.29, 0.717) is 17.7 Å². The molecule has 4 N–H and O–H groups in total. The van der Waals surface area contributed by atoms with Gasteiger partial charge in [-0.1, -0.05) is 41.9 Å². The summed E-state index contributed by atoms with van der Waals surface area (Å²) in [5, 5.41) is 6.88. The van der Waals surface area contributed by atoms with Crippen LogP contribution in [-0.4, -0.2) is 27.0 Å². The van der Waals surface area contributed by atoms with E-state index in [0.717, 1.165) is 23.8 Å². The zero-order valence-electron chi connectivity index (χ0n) is 19.3. The Balaban J connectivity index is 1.47. The van der Waals surface area contributed by atoms with Crippen LogP contribution in [0.25, 0.3) is 0 Å². The number of aryl methyl sites for hydroxylation is 1. The van der Waals surface area contributed by atoms with Gasteiger partial charge < -0.3 is 16.0 Å². The van der Waals surface area contributed by atoms with Crippen LogP contribution in [-0.2, 0) is 22.6 Å². The van der Waals surface area contributed by atoms with Gasteiger partial charge in [0.1, 0.15) is 0 Å². The van der Waals surface area contributed by atoms with Gasteiger partial charge in [0.2, 0.25) is 0 Å². The van der Waals surface area contributed by atoms with Crippen molar-refractivity contribution in [1.82, 2.24) is 10.0 Å². The number of nitrogens with one attached hydrogen (secondary N) is 4. The molecule has 3 rings (SSSR count). The summed E-state index contributed by atoms with van der Waals surface area (Å²) < 4.78 is 65.0. The van der Waals surface area contributed by atoms with Gasteiger partial charge in [0.15, 0.2) is 0 Å². The lowest BCUT2D eigenvalue weighted by molar-refractivity contribution is -0.137. The molecule has 0 atom stereocenters. The maximum atomic E-state index is 12.8. The molecule has 0 aliphatic rings. The average molecular weight is 555 g/mol. The van der Waals surface area contributed by atoms with E-state index in [4.69, 9.17) is 11.6 Å². The van der Waals surface area contributed by atoms with Crippen molar-refractivity contribution in [3.8, 4) is 0 Å². The van der Waals surface area contributed by atoms with Crippen LogP contribution in [0.1, 0.15) is 16.7 Å². The number of benzene rings is 3. The predicted molar refractivity (Wildman–Crippen MR) is 134 cm³/mol. The summed E-state index contributed by atoms with van der Waals surface area (Å²) in [7, 11) is -4.00. The zero-order valence-corrected chi connectivity index (χ0v) is 20.9. The number of alkyl halides is 3. The van der Waals surface area contributed by atoms with E-state index in [1.54, 1.807) is 49.4 Å². The topological polar surface area (TPSA) is 116 Å². The molecule has 37 heavy (non-hydrogen) atoms. The quantitative estimate of drug-likeness (QED) is 0.307. The molecule has 0 unspecified atom stereocenters. The van der Waals surface area contributed by atoms with Crippen molar-refractivity contribution in [1.29, 1.82) is 0 Å². The number of hydrogen-bond acceptors (Lipinski definition) is 4. The first-order chi connectivity index (χ1) is 17.3. The Hall–Kier alpha value is -3.77. The fourth-order valence-electron chi connectivity index (χ4n) is 3.26. The van der Waals surface area contributed by atoms with Crippen LogP contribution >= 0.6 is 11.6 Å². The van der Waals surface area contributed by atoms with Crippen LogP contribution in [0.3, 0.4) is 0 Å². The predicted octanol–water partition coefficient (Wildman–Crippen LogP) is 5.54. The molecule has 0 fully saturated rings. The van der Waals surface area contributed by atoms with Crippen LogP contribution in [0.2, 0.25) is 5.02 Å². The fraction of sp³-hybridized carbons (Fsp3) is 0.167. The molecule has 0 saturated carbocycles. The highest BCUT2D eigenvalue weighted by atomic mass is 35.5. The van der Waals surface area contributed by atoms with Gasteiger partial charge in [-0.25, -0.2) is 22.7 Å². The van der Waals surface area contributed by atoms with Crippen LogP contribution in [0.5, 0.6) is 0 Å². The first-order valence-corrected chi connectivity index (χ1v) is 12.6. The third-order valence-electron chi connectivity index (χ3n) is 5.05. The lowest BCUT2D eigenvalue weighted by Crippen LogP contribution is -2.40. The molecule has 3 aromatic rings. The summed E-state index contributed by atoms with van der Waals surface area (Å²) in [5.41, 5.74) is 0.793. The average Bonchev–Trinajstić information content (AvgIpc) is 2.79. The first kappa shape index (κ1) is 27.8. The molecule has 0 heterocycles. The van der Waals surface area contributed by atoms with E-state index in [9.17, 15) is 31.2 Å². The van der Waals surface area contributed by atoms with Crippen LogP contribution in [0.15, 0.2) is 71.6 Å². The highest BCUT2D eigenvalue weighted by Gasteiger charge is 2.33. The minimum absolute atomic E-state index is 0.0127. The molecule has 0 saturated heterocycles. The number of carbonyl (C=O) groups is 2. The van der Waals surface area contributed by atoms with Gasteiger partial charge in [-0.15, -0.1) is 0 Å². The summed E-state index contributed by atoms with van der Waals surface area (Å²) in [5.74, 6) is 0. The normalized spacial score (nSPS) is 11.5. The standard InChI is InChI=1S/C24H22ClF3N4O4S/c1-15-4-2-3-5-21(15)37(35,36)32-22(33)29-13-12-16-6-8-17(9-7-16)30-23(34)31-18-10-11-19(20(25)14-18)24(26,27)28/h2-11,14H,12-13H2,1H3,(H2,29,32,33)(H2,30,31,34). The summed E-state index contributed by atoms with van der Waals surface area (Å²) in [6.45, 7) is 1.77. The van der Waals surface area contributed by atoms with Gasteiger partial charge in [-0.3, -0.25) is 0 Å². The van der Waals surface area contributed by atoms with E-state index in [1.807, 2.05) is 4.72 Å². The van der Waals surface area contributed by atoms with Crippen LogP contribution in [0.4, 0.5) is 34.1 Å². The second-order valence-corrected chi connectivity index (χ2v) is 9.90. The van der Waals surface area contributed by atoms with Gasteiger partial charge in [-0.2, -0.15) is 13.2 Å². The molecule has 13 heteroatoms. The third kappa shape index (κ3) is 7.86. The monoisotopic (exact) mass is 554 g/mol. The van der Waals surface area contributed by atoms with E-state index in [1.165, 1.54) is 6.07 Å². The van der Waals surface area contributed by atoms with E-state index in [-0.39, 0.29) is 17.1 Å². The van der Waals surface area contributed by atoms with Crippen LogP contribution < -0.4 is 20.7 Å². The van der Waals surface area contributed by atoms with Crippen LogP contribution in [0, 0.1) is 6.92 Å². The minimum atomic E-state index is -4.60. The molecule has 196 valence electrons. The Labute approximate surface area is 216 Å². The maximum absolute atomic E-state index is 12.8. The van der Waals surface area contributed by atoms with Gasteiger partial charge in [0.25, 0.3) is 10.0 Å². The zero-order chi connectivity index (χ0) is 27.2. The van der Waals surface area contributed by atoms with E-state index >= 15 is 0 Å². The van der Waals surface area contributed by atoms with Crippen molar-refractivity contribution >= 4 is 45.1 Å². The van der Waals surface area contributed by atoms with Gasteiger partial charge >= 0.3 is 18.2 Å². The van der Waals surface area contributed by atoms with Crippen molar-refractivity contribution in [2.75, 3.05) is 17.2 Å². The van der Waals surface area contributed by atoms with Crippen molar-refractivity contribution in [3.05, 3.63) is 88.4 Å². The summed E-state index contributed by atoms with van der Waals surface area (Å²) >= 11 is 5.65. The number of rotatable bonds is 7. The Morgan fingerprint density at radius 1 is 0.892 bits per heavy atom. The number of halogens is 4. The van der Waals surface area contributed by atoms with Crippen molar-refractivity contribution in [3.63, 3.8) is 0 Å². The molecular weight excluding hydrogens is 533 g/mol. The second-order valence-electron chi connectivity index (χ2n) is 7.85. The molecular formula is C24H22ClF3N4O4S. The van der Waals surface area contributed by atoms with Crippen molar-refractivity contribution in [2.45, 2.75) is 24.4 Å². The highest BCUT2D eigenvalue weighted by Crippen LogP contribution is 2.35. The number of anilines is 2. The third-order valence-corrected chi connectivity index (χ3v) is 6.86. The number of urea groups is 2. The minimum Gasteiger partial charge on any atom is -0.337 e. The lowest BCUT2D eigenvalue weighted by atomic mass is 10.1. The van der Waals surface area contributed by atoms with Gasteiger partial charge in [0, 0.05) is 17.9 Å². The van der Waals surface area contributed by atoms with Gasteiger partial charge in [0.05, 0.1) is 15.5 Å². The molecule has 0 aliphatic carbocycles. The molecule has 0 spiro atoms. The number of carbonyl (C=O) groups excluding carboxylic acids is 2. The Morgan fingerprint density at radius 2 is 1.51 bits per heavy atom. The van der Waals surface area contributed by atoms with Crippen molar-refractivity contribution < 1.29 is 31.2 Å². The fourth-order valence-corrected chi connectivity index (χ4v) is 4.73. The summed E-state index contributed by atoms with van der Waals surface area (Å²) in [4.78, 5) is 24.2. The molecule has 0 radical (unpaired) electrons. The SMILES string of the molecule is Cc1ccccc1S(=O)(=O)NC(=O)NCCc1ccc(NC(=O)Nc2ccc(C(F)(F)F)c(Cl)c2)cc1. The molecule has 4 amide bonds. The highest BCUT2D eigenvalue weighted by molar-refractivity contribution is 7.90. The number of hydrogen-bond donors (Lipinski definition) is 4. The Kier molecular flexibility index (Phi) is 8.66. The Bertz CT molecular complexity index is 1400. The summed E-state index contributed by atoms with van der Waals surface area (Å²) in [6, 6.07) is 14.2. The maximum Gasteiger partial charge on any atom is 0.417 e. The molecule has 8 nitrogen and oxygen atoms in total. The molecule has 0 bridgehead atoms. The largest absolute Gasteiger partial charge is 0.417 e. The first-order valence-electron chi connectivity index (χ1n) is 10.7. The lowest BCUT2D eigenvalue weighted by Gasteiger charge is -2.12. The van der Waals surface area contributed by atoms with E-state index < -0.39 is 38.8 Å². The van der Waals surface area contributed by atoms with Gasteiger partial charge in [-0.05, 0) is 60.9 Å². The molecule has 3 aromatic carbocycles. The Morgan fingerprint density at radius 3 is 2.14 bits per heavy atom. The number of sulfonamides is 1. The molecule has 0 aromatic heterocycles.